The molecule has 1 saturated heterocycles. The third kappa shape index (κ3) is 4.64. The summed E-state index contributed by atoms with van der Waals surface area (Å²) in [5.74, 6) is -0.327. The molecule has 1 N–H and O–H groups in total. The van der Waals surface area contributed by atoms with Crippen molar-refractivity contribution in [1.29, 1.82) is 0 Å². The number of nitrogens with zero attached hydrogens (tertiary/aromatic N) is 4. The van der Waals surface area contributed by atoms with Crippen LogP contribution in [0.5, 0.6) is 0 Å². The van der Waals surface area contributed by atoms with Crippen molar-refractivity contribution < 1.29 is 18.0 Å². The summed E-state index contributed by atoms with van der Waals surface area (Å²) in [7, 11) is -3.77. The molecule has 0 spiro atoms. The molecule has 0 bridgehead atoms. The highest BCUT2D eigenvalue weighted by Crippen LogP contribution is 2.23. The van der Waals surface area contributed by atoms with Gasteiger partial charge in [0.2, 0.25) is 11.8 Å². The summed E-state index contributed by atoms with van der Waals surface area (Å²) < 4.78 is 29.5. The lowest BCUT2D eigenvalue weighted by molar-refractivity contribution is -0.137. The molecule has 0 unspecified atom stereocenters. The summed E-state index contributed by atoms with van der Waals surface area (Å²) in [5, 5.41) is 3.04. The molecule has 2 amide bonds. The highest BCUT2D eigenvalue weighted by molar-refractivity contribution is 7.93. The van der Waals surface area contributed by atoms with Gasteiger partial charge in [0.1, 0.15) is 13.1 Å². The van der Waals surface area contributed by atoms with Gasteiger partial charge in [-0.3, -0.25) is 14.3 Å². The average Bonchev–Trinajstić information content (AvgIpc) is 3.46. The van der Waals surface area contributed by atoms with Gasteiger partial charge in [-0.25, -0.2) is 13.4 Å². The minimum absolute atomic E-state index is 0.0251. The van der Waals surface area contributed by atoms with Crippen molar-refractivity contribution >= 4 is 54.9 Å². The number of thiazole rings is 1. The van der Waals surface area contributed by atoms with Gasteiger partial charge in [-0.1, -0.05) is 18.2 Å². The zero-order valence-corrected chi connectivity index (χ0v) is 20.6. The number of hydrogen-bond donors (Lipinski definition) is 1. The topological polar surface area (TPSA) is 105 Å². The van der Waals surface area contributed by atoms with E-state index in [1.807, 2.05) is 41.8 Å². The molecule has 0 saturated carbocycles. The molecule has 2 aromatic carbocycles. The normalized spacial score (nSPS) is 14.5. The Labute approximate surface area is 206 Å². The van der Waals surface area contributed by atoms with E-state index in [9.17, 15) is 18.0 Å². The maximum atomic E-state index is 13.0. The molecule has 4 aromatic rings. The van der Waals surface area contributed by atoms with Gasteiger partial charge in [0.05, 0.1) is 4.90 Å². The number of hydrogen-bond acceptors (Lipinski definition) is 6. The second kappa shape index (κ2) is 9.16. The van der Waals surface area contributed by atoms with Crippen LogP contribution in [0.1, 0.15) is 5.69 Å². The lowest BCUT2D eigenvalue weighted by atomic mass is 10.2. The Bertz CT molecular complexity index is 1490. The first-order valence-electron chi connectivity index (χ1n) is 11.0. The zero-order chi connectivity index (χ0) is 24.6. The van der Waals surface area contributed by atoms with E-state index in [4.69, 9.17) is 0 Å². The Morgan fingerprint density at radius 2 is 1.89 bits per heavy atom. The van der Waals surface area contributed by atoms with E-state index in [0.29, 0.717) is 18.8 Å². The number of para-hydroxylation sites is 1. The van der Waals surface area contributed by atoms with Crippen LogP contribution in [0.15, 0.2) is 71.1 Å². The van der Waals surface area contributed by atoms with Crippen molar-refractivity contribution in [1.82, 2.24) is 14.5 Å². The smallest absolute Gasteiger partial charge is 0.263 e. The molecule has 1 fully saturated rings. The van der Waals surface area contributed by atoms with Crippen molar-refractivity contribution in [3.05, 3.63) is 71.9 Å². The van der Waals surface area contributed by atoms with E-state index >= 15 is 0 Å². The molecular weight excluding hydrogens is 486 g/mol. The van der Waals surface area contributed by atoms with Crippen LogP contribution >= 0.6 is 11.3 Å². The van der Waals surface area contributed by atoms with Crippen LogP contribution in [0.3, 0.4) is 0 Å². The first-order chi connectivity index (χ1) is 16.8. The van der Waals surface area contributed by atoms with Crippen molar-refractivity contribution in [2.45, 2.75) is 18.4 Å². The van der Waals surface area contributed by atoms with Crippen LogP contribution < -0.4 is 9.62 Å². The Morgan fingerprint density at radius 3 is 2.60 bits per heavy atom. The monoisotopic (exact) mass is 509 g/mol. The molecule has 0 atom stereocenters. The molecule has 11 heteroatoms. The van der Waals surface area contributed by atoms with E-state index in [0.717, 1.165) is 16.6 Å². The predicted octanol–water partition coefficient (Wildman–Crippen LogP) is 3.08. The number of sulfonamides is 1. The zero-order valence-electron chi connectivity index (χ0n) is 18.9. The van der Waals surface area contributed by atoms with E-state index in [-0.39, 0.29) is 34.9 Å². The van der Waals surface area contributed by atoms with E-state index < -0.39 is 10.0 Å². The Morgan fingerprint density at radius 1 is 1.11 bits per heavy atom. The Hall–Kier alpha value is -3.70. The van der Waals surface area contributed by atoms with Gasteiger partial charge < -0.3 is 14.4 Å². The Kier molecular flexibility index (Phi) is 6.03. The minimum atomic E-state index is -3.77. The van der Waals surface area contributed by atoms with Gasteiger partial charge in [-0.15, -0.1) is 11.3 Å². The standard InChI is InChI=1S/C24H23N5O4S2/c1-17-14-18-4-2-3-5-21(18)29(17)16-22(30)27-11-12-28(23(31)15-27)19-6-8-20(9-7-19)35(32,33)26-24-25-10-13-34-24/h2-10,13-14H,11-12,15-16H2,1H3,(H,25,26). The molecule has 3 heterocycles. The van der Waals surface area contributed by atoms with E-state index in [1.54, 1.807) is 27.3 Å². The number of nitrogens with one attached hydrogen (secondary N) is 1. The fourth-order valence-electron chi connectivity index (χ4n) is 4.21. The highest BCUT2D eigenvalue weighted by atomic mass is 32.2. The quantitative estimate of drug-likeness (QED) is 0.430. The van der Waals surface area contributed by atoms with E-state index in [1.165, 1.54) is 29.7 Å². The van der Waals surface area contributed by atoms with Gasteiger partial charge in [-0.2, -0.15) is 0 Å². The molecular formula is C24H23N5O4S2. The average molecular weight is 510 g/mol. The van der Waals surface area contributed by atoms with Crippen LogP contribution in [0.4, 0.5) is 10.8 Å². The first kappa shape index (κ1) is 23.1. The largest absolute Gasteiger partial charge is 0.335 e. The van der Waals surface area contributed by atoms with Gasteiger partial charge in [0, 0.05) is 41.6 Å². The second-order valence-corrected chi connectivity index (χ2v) is 10.8. The van der Waals surface area contributed by atoms with Crippen LogP contribution in [0, 0.1) is 6.92 Å². The number of fused-ring (bicyclic) bond motifs is 1. The molecule has 180 valence electrons. The van der Waals surface area contributed by atoms with Gasteiger partial charge in [0.25, 0.3) is 10.0 Å². The highest BCUT2D eigenvalue weighted by Gasteiger charge is 2.29. The third-order valence-electron chi connectivity index (χ3n) is 6.00. The fraction of sp³-hybridized carbons (Fsp3) is 0.208. The van der Waals surface area contributed by atoms with Crippen LogP contribution in [0.2, 0.25) is 0 Å². The molecule has 0 radical (unpaired) electrons. The van der Waals surface area contributed by atoms with Gasteiger partial charge >= 0.3 is 0 Å². The summed E-state index contributed by atoms with van der Waals surface area (Å²) in [5.41, 5.74) is 2.56. The maximum absolute atomic E-state index is 13.0. The summed E-state index contributed by atoms with van der Waals surface area (Å²) in [6.07, 6.45) is 1.52. The minimum Gasteiger partial charge on any atom is -0.335 e. The fourth-order valence-corrected chi connectivity index (χ4v) is 5.99. The first-order valence-corrected chi connectivity index (χ1v) is 13.3. The number of benzene rings is 2. The Balaban J connectivity index is 1.24. The number of aromatic nitrogens is 2. The maximum Gasteiger partial charge on any atom is 0.263 e. The molecule has 1 aliphatic heterocycles. The van der Waals surface area contributed by atoms with Crippen molar-refractivity contribution in [2.24, 2.45) is 0 Å². The number of rotatable bonds is 6. The summed E-state index contributed by atoms with van der Waals surface area (Å²) in [6, 6.07) is 16.0. The van der Waals surface area contributed by atoms with Crippen LogP contribution in [0.25, 0.3) is 10.9 Å². The second-order valence-electron chi connectivity index (χ2n) is 8.23. The van der Waals surface area contributed by atoms with E-state index in [2.05, 4.69) is 9.71 Å². The number of carbonyl (C=O) groups excluding carboxylic acids is 2. The van der Waals surface area contributed by atoms with Crippen molar-refractivity contribution in [2.75, 3.05) is 29.3 Å². The summed E-state index contributed by atoms with van der Waals surface area (Å²) >= 11 is 1.19. The summed E-state index contributed by atoms with van der Waals surface area (Å²) in [6.45, 7) is 2.84. The lowest BCUT2D eigenvalue weighted by Gasteiger charge is -2.34. The number of carbonyl (C=O) groups is 2. The lowest BCUT2D eigenvalue weighted by Crippen LogP contribution is -2.53. The number of piperazine rings is 1. The third-order valence-corrected chi connectivity index (χ3v) is 8.17. The van der Waals surface area contributed by atoms with Gasteiger partial charge in [0.15, 0.2) is 5.13 Å². The molecule has 5 rings (SSSR count). The molecule has 35 heavy (non-hydrogen) atoms. The number of aryl methyl sites for hydroxylation is 1. The SMILES string of the molecule is Cc1cc2ccccc2n1CC(=O)N1CCN(c2ccc(S(=O)(=O)Nc3nccs3)cc2)C(=O)C1. The molecule has 2 aromatic heterocycles. The number of anilines is 2. The van der Waals surface area contributed by atoms with Crippen LogP contribution in [-0.2, 0) is 26.2 Å². The van der Waals surface area contributed by atoms with Crippen molar-refractivity contribution in [3.63, 3.8) is 0 Å². The van der Waals surface area contributed by atoms with Gasteiger partial charge in [-0.05, 0) is 48.7 Å². The molecule has 9 nitrogen and oxygen atoms in total. The number of amides is 2. The van der Waals surface area contributed by atoms with Crippen molar-refractivity contribution in [3.8, 4) is 0 Å². The summed E-state index contributed by atoms with van der Waals surface area (Å²) in [4.78, 5) is 33.0. The molecule has 1 aliphatic rings. The predicted molar refractivity (Wildman–Crippen MR) is 135 cm³/mol. The van der Waals surface area contributed by atoms with Crippen LogP contribution in [-0.4, -0.2) is 54.3 Å². The molecule has 0 aliphatic carbocycles.